The molecule has 0 radical (unpaired) electrons. The highest BCUT2D eigenvalue weighted by atomic mass is 35.5. The van der Waals surface area contributed by atoms with E-state index in [0.717, 1.165) is 77.2 Å². The van der Waals surface area contributed by atoms with Crippen LogP contribution in [0, 0.1) is 36.5 Å². The van der Waals surface area contributed by atoms with Crippen LogP contribution < -0.4 is 24.8 Å². The lowest BCUT2D eigenvalue weighted by Crippen LogP contribution is -2.45. The first kappa shape index (κ1) is 43.7. The van der Waals surface area contributed by atoms with E-state index >= 15 is 0 Å². The number of amides is 1. The Hall–Kier alpha value is -5.91. The Morgan fingerprint density at radius 3 is 2.35 bits per heavy atom. The molecule has 2 aliphatic heterocycles. The van der Waals surface area contributed by atoms with Gasteiger partial charge in [0.25, 0.3) is 0 Å². The van der Waals surface area contributed by atoms with Crippen LogP contribution in [0.2, 0.25) is 5.02 Å². The number of alkyl halides is 1. The summed E-state index contributed by atoms with van der Waals surface area (Å²) in [7, 11) is 0. The summed E-state index contributed by atoms with van der Waals surface area (Å²) in [6.45, 7) is 8.39. The van der Waals surface area contributed by atoms with Crippen molar-refractivity contribution < 1.29 is 23.4 Å². The van der Waals surface area contributed by atoms with Gasteiger partial charge in [-0.15, -0.1) is 0 Å². The monoisotopic (exact) mass is 865 g/mol. The minimum atomic E-state index is -0.890. The predicted octanol–water partition coefficient (Wildman–Crippen LogP) is 9.79. The molecule has 0 spiro atoms. The van der Waals surface area contributed by atoms with E-state index in [1.54, 1.807) is 18.2 Å². The summed E-state index contributed by atoms with van der Waals surface area (Å²) in [5.41, 5.74) is 9.09. The van der Waals surface area contributed by atoms with Crippen LogP contribution in [-0.4, -0.2) is 55.8 Å². The molecule has 0 aromatic heterocycles. The fourth-order valence-corrected chi connectivity index (χ4v) is 9.61. The number of piperidine rings is 2. The van der Waals surface area contributed by atoms with Gasteiger partial charge in [-0.1, -0.05) is 66.2 Å². The van der Waals surface area contributed by atoms with E-state index in [9.17, 15) is 19.7 Å². The molecular formula is C52H53ClFN5O4. The number of likely N-dealkylation sites (tertiary alicyclic amines) is 1. The summed E-state index contributed by atoms with van der Waals surface area (Å²) >= 11 is 7.23. The van der Waals surface area contributed by atoms with E-state index in [1.165, 1.54) is 5.56 Å². The number of aryl methyl sites for hydroxylation is 1. The van der Waals surface area contributed by atoms with E-state index < -0.39 is 11.8 Å². The number of nitrogens with one attached hydrogen (secondary N) is 2. The Morgan fingerprint density at radius 2 is 1.60 bits per heavy atom. The normalized spacial score (nSPS) is 18.8. The maximum atomic E-state index is 13.7. The van der Waals surface area contributed by atoms with Gasteiger partial charge in [-0.25, -0.2) is 4.39 Å². The summed E-state index contributed by atoms with van der Waals surface area (Å²) < 4.78 is 34.0. The van der Waals surface area contributed by atoms with Crippen LogP contribution in [-0.2, 0) is 30.0 Å². The van der Waals surface area contributed by atoms with Crippen molar-refractivity contribution in [2.45, 2.75) is 89.8 Å². The first-order valence-corrected chi connectivity index (χ1v) is 22.4. The molecule has 5 aromatic rings. The van der Waals surface area contributed by atoms with Crippen LogP contribution in [0.25, 0.3) is 11.1 Å². The van der Waals surface area contributed by atoms with Crippen molar-refractivity contribution in [2.24, 2.45) is 0 Å². The van der Waals surface area contributed by atoms with Crippen LogP contribution >= 0.6 is 11.6 Å². The van der Waals surface area contributed by atoms with E-state index in [2.05, 4.69) is 84.0 Å². The molecule has 1 aliphatic carbocycles. The van der Waals surface area contributed by atoms with Crippen molar-refractivity contribution in [3.8, 4) is 40.5 Å². The Balaban J connectivity index is 1.11. The molecular weight excluding hydrogens is 813 g/mol. The molecule has 11 heteroatoms. The number of benzene rings is 5. The number of carbonyl (C=O) groups is 1. The summed E-state index contributed by atoms with van der Waals surface area (Å²) in [5.74, 6) is 1.92. The number of nitriles is 2. The SMILES string of the molecule is Cc1ccccc1[C@@]1(Oc2cc(OCc3cc(C#N)cc(C#N)c3)c(CNC3CCC(=O)NC3)cc2Cl)CCc2c(-c3cccc(OCCCN4CCC(F)CC4)c3C)cccc21. The van der Waals surface area contributed by atoms with Crippen molar-refractivity contribution in [1.82, 2.24) is 15.5 Å². The van der Waals surface area contributed by atoms with E-state index in [-0.39, 0.29) is 18.6 Å². The molecule has 5 aromatic carbocycles. The van der Waals surface area contributed by atoms with Gasteiger partial charge in [0.2, 0.25) is 5.91 Å². The third-order valence-electron chi connectivity index (χ3n) is 12.8. The minimum Gasteiger partial charge on any atom is -0.493 e. The number of nitrogens with zero attached hydrogens (tertiary/aromatic N) is 3. The molecule has 0 saturated carbocycles. The van der Waals surface area contributed by atoms with Gasteiger partial charge < -0.3 is 29.7 Å². The molecule has 1 amide bonds. The summed E-state index contributed by atoms with van der Waals surface area (Å²) in [5, 5.41) is 26.2. The van der Waals surface area contributed by atoms with Gasteiger partial charge >= 0.3 is 0 Å². The van der Waals surface area contributed by atoms with Crippen LogP contribution in [0.3, 0.4) is 0 Å². The third kappa shape index (κ3) is 9.85. The maximum Gasteiger partial charge on any atom is 0.220 e. The molecule has 2 heterocycles. The first-order chi connectivity index (χ1) is 30.6. The highest BCUT2D eigenvalue weighted by molar-refractivity contribution is 6.32. The second-order valence-corrected chi connectivity index (χ2v) is 17.4. The largest absolute Gasteiger partial charge is 0.493 e. The number of carbonyl (C=O) groups excluding carboxylic acids is 1. The zero-order valence-corrected chi connectivity index (χ0v) is 36.7. The molecule has 2 fully saturated rings. The van der Waals surface area contributed by atoms with Crippen LogP contribution in [0.1, 0.15) is 88.6 Å². The van der Waals surface area contributed by atoms with Crippen LogP contribution in [0.5, 0.6) is 17.2 Å². The van der Waals surface area contributed by atoms with E-state index in [1.807, 2.05) is 30.3 Å². The second-order valence-electron chi connectivity index (χ2n) is 17.0. The highest BCUT2D eigenvalue weighted by Gasteiger charge is 2.45. The zero-order valence-electron chi connectivity index (χ0n) is 35.9. The molecule has 324 valence electrons. The molecule has 3 aliphatic rings. The van der Waals surface area contributed by atoms with Crippen LogP contribution in [0.4, 0.5) is 4.39 Å². The van der Waals surface area contributed by atoms with Crippen molar-refractivity contribution >= 4 is 17.5 Å². The standard InChI is InChI=1S/C52H53ClFN5O4/c1-34-8-3-4-11-45(34)52(19-16-44-43(10-5-12-46(44)52)42-9-6-13-48(35(42)2)61-23-7-20-59-21-17-40(54)18-22-59)63-50-28-49(62-33-38-25-36(29-55)24-37(26-38)30-56)39(27-47(50)53)31-57-41-14-15-51(60)58-32-41/h3-6,8-13,24-28,40-41,57H,7,14-23,31-33H2,1-2H3,(H,58,60)/t41?,52-/m0/s1. The van der Waals surface area contributed by atoms with Crippen molar-refractivity contribution in [2.75, 3.05) is 32.8 Å². The van der Waals surface area contributed by atoms with Crippen molar-refractivity contribution in [3.63, 3.8) is 0 Å². The lowest BCUT2D eigenvalue weighted by Gasteiger charge is -2.34. The molecule has 9 nitrogen and oxygen atoms in total. The minimum absolute atomic E-state index is 0.0496. The lowest BCUT2D eigenvalue weighted by molar-refractivity contribution is -0.122. The van der Waals surface area contributed by atoms with Gasteiger partial charge in [-0.2, -0.15) is 10.5 Å². The molecule has 1 unspecified atom stereocenters. The first-order valence-electron chi connectivity index (χ1n) is 22.0. The highest BCUT2D eigenvalue weighted by Crippen LogP contribution is 2.51. The van der Waals surface area contributed by atoms with Gasteiger partial charge in [0.1, 0.15) is 30.0 Å². The quantitative estimate of drug-likeness (QED) is 0.0999. The number of halogens is 2. The Labute approximate surface area is 374 Å². The fraction of sp³-hybridized carbons (Fsp3) is 0.365. The maximum absolute atomic E-state index is 13.7. The number of rotatable bonds is 15. The van der Waals surface area contributed by atoms with Gasteiger partial charge in [-0.3, -0.25) is 4.79 Å². The van der Waals surface area contributed by atoms with Crippen molar-refractivity contribution in [1.29, 1.82) is 10.5 Å². The predicted molar refractivity (Wildman–Crippen MR) is 243 cm³/mol. The van der Waals surface area contributed by atoms with Gasteiger partial charge in [-0.05, 0) is 116 Å². The molecule has 0 bridgehead atoms. The summed E-state index contributed by atoms with van der Waals surface area (Å²) in [4.78, 5) is 14.2. The number of hydrogen-bond acceptors (Lipinski definition) is 8. The number of ether oxygens (including phenoxy) is 3. The number of hydrogen-bond donors (Lipinski definition) is 2. The van der Waals surface area contributed by atoms with E-state index in [0.29, 0.717) is 85.0 Å². The Morgan fingerprint density at radius 1 is 0.857 bits per heavy atom. The topological polar surface area (TPSA) is 120 Å². The Kier molecular flexibility index (Phi) is 13.6. The molecule has 2 N–H and O–H groups in total. The van der Waals surface area contributed by atoms with Crippen LogP contribution in [0.15, 0.2) is 91.0 Å². The smallest absolute Gasteiger partial charge is 0.220 e. The molecule has 2 atom stereocenters. The van der Waals surface area contributed by atoms with Gasteiger partial charge in [0, 0.05) is 67.9 Å². The zero-order chi connectivity index (χ0) is 43.9. The Bertz CT molecular complexity index is 2520. The molecule has 8 rings (SSSR count). The average Bonchev–Trinajstić information content (AvgIpc) is 3.68. The average molecular weight is 866 g/mol. The fourth-order valence-electron chi connectivity index (χ4n) is 9.39. The summed E-state index contributed by atoms with van der Waals surface area (Å²) in [6.07, 6.45) is 4.03. The third-order valence-corrected chi connectivity index (χ3v) is 13.1. The van der Waals surface area contributed by atoms with Crippen molar-refractivity contribution in [3.05, 3.63) is 146 Å². The van der Waals surface area contributed by atoms with E-state index in [4.69, 9.17) is 25.8 Å². The molecule has 63 heavy (non-hydrogen) atoms. The summed E-state index contributed by atoms with van der Waals surface area (Å²) in [6, 6.07) is 34.2. The second kappa shape index (κ2) is 19.6. The number of fused-ring (bicyclic) bond motifs is 1. The molecule has 2 saturated heterocycles. The van der Waals surface area contributed by atoms with Gasteiger partial charge in [0.05, 0.1) is 34.9 Å². The lowest BCUT2D eigenvalue weighted by atomic mass is 9.83. The van der Waals surface area contributed by atoms with Gasteiger partial charge in [0.15, 0.2) is 5.60 Å².